The molecule has 1 aliphatic heterocycles. The smallest absolute Gasteiger partial charge is 0.322 e. The summed E-state index contributed by atoms with van der Waals surface area (Å²) in [5, 5.41) is 8.50. The zero-order valence-electron chi connectivity index (χ0n) is 7.34. The molecule has 76 valence electrons. The zero-order valence-corrected chi connectivity index (χ0v) is 7.34. The molecule has 0 saturated heterocycles. The van der Waals surface area contributed by atoms with Crippen molar-refractivity contribution in [2.75, 3.05) is 13.1 Å². The number of allylic oxidation sites excluding steroid dienone is 1. The first-order valence-corrected chi connectivity index (χ1v) is 3.98. The van der Waals surface area contributed by atoms with Crippen molar-refractivity contribution in [1.82, 2.24) is 4.90 Å². The van der Waals surface area contributed by atoms with Crippen LogP contribution in [-0.2, 0) is 14.4 Å². The maximum atomic E-state index is 10.9. The number of carboxylic acids is 1. The molecule has 1 aliphatic rings. The van der Waals surface area contributed by atoms with Gasteiger partial charge < -0.3 is 15.7 Å². The third-order valence-electron chi connectivity index (χ3n) is 1.81. The second-order valence-electron chi connectivity index (χ2n) is 2.98. The summed E-state index contributed by atoms with van der Waals surface area (Å²) in [5.74, 6) is -2.25. The minimum Gasteiger partial charge on any atom is -0.480 e. The van der Waals surface area contributed by atoms with E-state index in [2.05, 4.69) is 0 Å². The van der Waals surface area contributed by atoms with Gasteiger partial charge in [0.05, 0.1) is 6.54 Å². The number of nitrogens with zero attached hydrogens (tertiary/aromatic N) is 1. The third-order valence-corrected chi connectivity index (χ3v) is 1.81. The Morgan fingerprint density at radius 1 is 1.64 bits per heavy atom. The molecule has 0 unspecified atom stereocenters. The van der Waals surface area contributed by atoms with Gasteiger partial charge in [-0.3, -0.25) is 14.4 Å². The van der Waals surface area contributed by atoms with Crippen LogP contribution in [0.2, 0.25) is 0 Å². The first kappa shape index (κ1) is 10.4. The molecule has 0 spiro atoms. The number of ketones is 2. The van der Waals surface area contributed by atoms with Gasteiger partial charge in [-0.1, -0.05) is 0 Å². The number of hydrogen-bond donors (Lipinski definition) is 2. The van der Waals surface area contributed by atoms with Crippen LogP contribution in [0.15, 0.2) is 12.3 Å². The highest BCUT2D eigenvalue weighted by atomic mass is 16.4. The second kappa shape index (κ2) is 4.01. The molecule has 1 heterocycles. The van der Waals surface area contributed by atoms with Crippen LogP contribution >= 0.6 is 0 Å². The highest BCUT2D eigenvalue weighted by Crippen LogP contribution is 2.00. The number of carbonyl (C=O) groups excluding carboxylic acids is 2. The lowest BCUT2D eigenvalue weighted by molar-refractivity contribution is -0.139. The number of Topliss-reactive ketones (excluding diaryl/α,β-unsaturated/α-hetero) is 1. The molecule has 1 atom stereocenters. The molecule has 6 heteroatoms. The summed E-state index contributed by atoms with van der Waals surface area (Å²) in [6.07, 6.45) is 2.49. The predicted octanol–water partition coefficient (Wildman–Crippen LogP) is -1.63. The Bertz CT molecular complexity index is 310. The predicted molar refractivity (Wildman–Crippen MR) is 46.3 cm³/mol. The first-order chi connectivity index (χ1) is 6.50. The van der Waals surface area contributed by atoms with E-state index < -0.39 is 23.6 Å². The molecule has 0 amide bonds. The van der Waals surface area contributed by atoms with Crippen LogP contribution in [0.25, 0.3) is 0 Å². The third kappa shape index (κ3) is 2.40. The van der Waals surface area contributed by atoms with E-state index >= 15 is 0 Å². The molecule has 0 fully saturated rings. The molecule has 0 bridgehead atoms. The number of hydrogen-bond acceptors (Lipinski definition) is 5. The van der Waals surface area contributed by atoms with Gasteiger partial charge >= 0.3 is 5.97 Å². The molecule has 0 aromatic heterocycles. The second-order valence-corrected chi connectivity index (χ2v) is 2.98. The largest absolute Gasteiger partial charge is 0.480 e. The fourth-order valence-electron chi connectivity index (χ4n) is 1.04. The van der Waals surface area contributed by atoms with E-state index in [1.54, 1.807) is 0 Å². The van der Waals surface area contributed by atoms with Gasteiger partial charge in [0, 0.05) is 18.8 Å². The molecule has 14 heavy (non-hydrogen) atoms. The van der Waals surface area contributed by atoms with Crippen molar-refractivity contribution < 1.29 is 19.5 Å². The van der Waals surface area contributed by atoms with Gasteiger partial charge in [-0.2, -0.15) is 0 Å². The van der Waals surface area contributed by atoms with Gasteiger partial charge in [0.2, 0.25) is 11.6 Å². The molecule has 0 radical (unpaired) electrons. The minimum atomic E-state index is -1.14. The summed E-state index contributed by atoms with van der Waals surface area (Å²) in [6, 6.07) is -1.05. The fourth-order valence-corrected chi connectivity index (χ4v) is 1.04. The normalized spacial score (nSPS) is 18.5. The van der Waals surface area contributed by atoms with Crippen LogP contribution < -0.4 is 5.73 Å². The monoisotopic (exact) mass is 198 g/mol. The Morgan fingerprint density at radius 2 is 2.29 bits per heavy atom. The highest BCUT2D eigenvalue weighted by Gasteiger charge is 2.22. The Hall–Kier alpha value is -1.69. The van der Waals surface area contributed by atoms with Crippen molar-refractivity contribution in [3.63, 3.8) is 0 Å². The molecular formula is C8H10N2O4. The lowest BCUT2D eigenvalue weighted by Crippen LogP contribution is -2.44. The average Bonchev–Trinajstić information content (AvgIpc) is 2.11. The average molecular weight is 198 g/mol. The summed E-state index contributed by atoms with van der Waals surface area (Å²) in [7, 11) is 0. The van der Waals surface area contributed by atoms with E-state index in [1.165, 1.54) is 11.1 Å². The van der Waals surface area contributed by atoms with Crippen LogP contribution in [0.5, 0.6) is 0 Å². The van der Waals surface area contributed by atoms with Crippen molar-refractivity contribution in [2.24, 2.45) is 5.73 Å². The van der Waals surface area contributed by atoms with Crippen LogP contribution in [0, 0.1) is 0 Å². The van der Waals surface area contributed by atoms with Gasteiger partial charge in [-0.15, -0.1) is 0 Å². The standard InChI is InChI=1S/C8H10N2O4/c9-5(8(13)14)3-10-2-1-6(11)7(12)4-10/h1-2,5H,3-4,9H2,(H,13,14)/t5-/m0/s1. The van der Waals surface area contributed by atoms with Crippen LogP contribution in [0.1, 0.15) is 0 Å². The van der Waals surface area contributed by atoms with Crippen LogP contribution in [0.3, 0.4) is 0 Å². The zero-order chi connectivity index (χ0) is 10.7. The van der Waals surface area contributed by atoms with Crippen molar-refractivity contribution >= 4 is 17.5 Å². The SMILES string of the molecule is N[C@@H](CN1C=CC(=O)C(=O)C1)C(=O)O. The van der Waals surface area contributed by atoms with Gasteiger partial charge in [0.1, 0.15) is 6.04 Å². The van der Waals surface area contributed by atoms with E-state index in [1.807, 2.05) is 0 Å². The van der Waals surface area contributed by atoms with Gasteiger partial charge in [-0.05, 0) is 0 Å². The van der Waals surface area contributed by atoms with E-state index in [-0.39, 0.29) is 13.1 Å². The molecule has 1 rings (SSSR count). The lowest BCUT2D eigenvalue weighted by atomic mass is 10.1. The number of aliphatic carboxylic acids is 1. The maximum absolute atomic E-state index is 10.9. The molecular weight excluding hydrogens is 188 g/mol. The maximum Gasteiger partial charge on any atom is 0.322 e. The van der Waals surface area contributed by atoms with E-state index in [0.29, 0.717) is 0 Å². The number of rotatable bonds is 3. The van der Waals surface area contributed by atoms with E-state index in [0.717, 1.165) is 6.08 Å². The van der Waals surface area contributed by atoms with Gasteiger partial charge in [0.25, 0.3) is 0 Å². The quantitative estimate of drug-likeness (QED) is 0.528. The fraction of sp³-hybridized carbons (Fsp3) is 0.375. The number of carboxylic acid groups (broad SMARTS) is 1. The molecule has 3 N–H and O–H groups in total. The molecule has 0 aromatic carbocycles. The van der Waals surface area contributed by atoms with E-state index in [4.69, 9.17) is 10.8 Å². The van der Waals surface area contributed by atoms with Crippen molar-refractivity contribution in [3.8, 4) is 0 Å². The topological polar surface area (TPSA) is 101 Å². The van der Waals surface area contributed by atoms with Gasteiger partial charge in [-0.25, -0.2) is 0 Å². The van der Waals surface area contributed by atoms with Crippen LogP contribution in [0.4, 0.5) is 0 Å². The first-order valence-electron chi connectivity index (χ1n) is 3.98. The summed E-state index contributed by atoms with van der Waals surface area (Å²) >= 11 is 0. The number of nitrogens with two attached hydrogens (primary N) is 1. The summed E-state index contributed by atoms with van der Waals surface area (Å²) in [5.41, 5.74) is 5.26. The Kier molecular flexibility index (Phi) is 2.98. The lowest BCUT2D eigenvalue weighted by Gasteiger charge is -2.23. The minimum absolute atomic E-state index is 0.0187. The van der Waals surface area contributed by atoms with Gasteiger partial charge in [0.15, 0.2) is 0 Å². The van der Waals surface area contributed by atoms with Crippen molar-refractivity contribution in [1.29, 1.82) is 0 Å². The molecule has 0 aliphatic carbocycles. The molecule has 0 saturated carbocycles. The highest BCUT2D eigenvalue weighted by molar-refractivity contribution is 6.42. The number of carbonyl (C=O) groups is 3. The summed E-state index contributed by atoms with van der Waals surface area (Å²) in [4.78, 5) is 33.5. The van der Waals surface area contributed by atoms with Crippen molar-refractivity contribution in [2.45, 2.75) is 6.04 Å². The summed E-state index contributed by atoms with van der Waals surface area (Å²) in [6.45, 7) is -0.0822. The molecule has 0 aromatic rings. The Morgan fingerprint density at radius 3 is 2.79 bits per heavy atom. The molecule has 6 nitrogen and oxygen atoms in total. The van der Waals surface area contributed by atoms with E-state index in [9.17, 15) is 14.4 Å². The summed E-state index contributed by atoms with van der Waals surface area (Å²) < 4.78 is 0. The van der Waals surface area contributed by atoms with Crippen molar-refractivity contribution in [3.05, 3.63) is 12.3 Å². The Balaban J connectivity index is 2.56. The Labute approximate surface area is 80.0 Å². The van der Waals surface area contributed by atoms with Crippen LogP contribution in [-0.4, -0.2) is 46.7 Å².